The van der Waals surface area contributed by atoms with Crippen LogP contribution in [0.1, 0.15) is 45.7 Å². The lowest BCUT2D eigenvalue weighted by Gasteiger charge is -2.23. The SMILES string of the molecule is CC.CC(C)(C)OC(=O)NC(Cc1ccc(O)cc1)C(=O)OCc1ccccc1. The first-order valence-corrected chi connectivity index (χ1v) is 9.71. The van der Waals surface area contributed by atoms with Crippen LogP contribution in [0, 0.1) is 0 Å². The van der Waals surface area contributed by atoms with Gasteiger partial charge in [-0.1, -0.05) is 56.3 Å². The van der Waals surface area contributed by atoms with Crippen molar-refractivity contribution in [3.05, 3.63) is 65.7 Å². The largest absolute Gasteiger partial charge is 0.508 e. The van der Waals surface area contributed by atoms with E-state index in [-0.39, 0.29) is 18.8 Å². The third kappa shape index (κ3) is 9.65. The van der Waals surface area contributed by atoms with Crippen molar-refractivity contribution in [3.8, 4) is 5.75 Å². The third-order valence-electron chi connectivity index (χ3n) is 3.58. The van der Waals surface area contributed by atoms with Crippen molar-refractivity contribution in [1.82, 2.24) is 5.32 Å². The zero-order valence-corrected chi connectivity index (χ0v) is 17.8. The van der Waals surface area contributed by atoms with Crippen molar-refractivity contribution >= 4 is 12.1 Å². The quantitative estimate of drug-likeness (QED) is 0.691. The number of rotatable bonds is 6. The minimum atomic E-state index is -0.909. The van der Waals surface area contributed by atoms with Gasteiger partial charge in [0.25, 0.3) is 0 Å². The van der Waals surface area contributed by atoms with E-state index in [1.165, 1.54) is 12.1 Å². The lowest BCUT2D eigenvalue weighted by atomic mass is 10.1. The van der Waals surface area contributed by atoms with E-state index in [1.54, 1.807) is 32.9 Å². The number of aromatic hydroxyl groups is 1. The highest BCUT2D eigenvalue weighted by molar-refractivity contribution is 5.81. The summed E-state index contributed by atoms with van der Waals surface area (Å²) in [5, 5.41) is 12.0. The predicted octanol–water partition coefficient (Wildman–Crippen LogP) is 4.60. The van der Waals surface area contributed by atoms with Crippen molar-refractivity contribution in [2.45, 2.75) is 59.3 Å². The molecule has 6 nitrogen and oxygen atoms in total. The number of phenols is 1. The molecule has 1 atom stereocenters. The lowest BCUT2D eigenvalue weighted by Crippen LogP contribution is -2.45. The van der Waals surface area contributed by atoms with E-state index in [0.29, 0.717) is 0 Å². The molecule has 1 amide bonds. The van der Waals surface area contributed by atoms with E-state index in [0.717, 1.165) is 11.1 Å². The van der Waals surface area contributed by atoms with Gasteiger partial charge in [0.2, 0.25) is 0 Å². The number of nitrogens with one attached hydrogen (secondary N) is 1. The molecule has 0 spiro atoms. The van der Waals surface area contributed by atoms with Crippen LogP contribution in [0.25, 0.3) is 0 Å². The Bertz CT molecular complexity index is 751. The summed E-state index contributed by atoms with van der Waals surface area (Å²) in [6, 6.07) is 14.8. The van der Waals surface area contributed by atoms with Gasteiger partial charge in [-0.05, 0) is 44.0 Å². The highest BCUT2D eigenvalue weighted by Gasteiger charge is 2.26. The van der Waals surface area contributed by atoms with E-state index in [1.807, 2.05) is 44.2 Å². The highest BCUT2D eigenvalue weighted by Crippen LogP contribution is 2.13. The fraction of sp³-hybridized carbons (Fsp3) is 0.391. The first-order valence-electron chi connectivity index (χ1n) is 9.71. The number of phenolic OH excluding ortho intramolecular Hbond substituents is 1. The van der Waals surface area contributed by atoms with Gasteiger partial charge in [-0.2, -0.15) is 0 Å². The van der Waals surface area contributed by atoms with Crippen LogP contribution in [-0.4, -0.2) is 28.8 Å². The summed E-state index contributed by atoms with van der Waals surface area (Å²) in [5.41, 5.74) is 0.943. The zero-order chi connectivity index (χ0) is 21.9. The smallest absolute Gasteiger partial charge is 0.408 e. The van der Waals surface area contributed by atoms with Gasteiger partial charge in [0.1, 0.15) is 24.0 Å². The van der Waals surface area contributed by atoms with Gasteiger partial charge < -0.3 is 19.9 Å². The Morgan fingerprint density at radius 2 is 1.55 bits per heavy atom. The maximum atomic E-state index is 12.5. The molecular weight excluding hydrogens is 370 g/mol. The standard InChI is InChI=1S/C21H25NO5.C2H6/c1-21(2,3)27-20(25)22-18(13-15-9-11-17(23)12-10-15)19(24)26-14-16-7-5-4-6-8-16;1-2/h4-12,18,23H,13-14H2,1-3H3,(H,22,25);1-2H3. The molecule has 2 aromatic carbocycles. The van der Waals surface area contributed by atoms with Crippen molar-refractivity contribution in [2.24, 2.45) is 0 Å². The molecule has 0 aromatic heterocycles. The molecule has 0 bridgehead atoms. The van der Waals surface area contributed by atoms with Crippen molar-refractivity contribution in [2.75, 3.05) is 0 Å². The van der Waals surface area contributed by atoms with Crippen molar-refractivity contribution < 1.29 is 24.2 Å². The summed E-state index contributed by atoms with van der Waals surface area (Å²) in [5.74, 6) is -0.431. The Kier molecular flexibility index (Phi) is 9.72. The van der Waals surface area contributed by atoms with E-state index in [2.05, 4.69) is 5.32 Å². The third-order valence-corrected chi connectivity index (χ3v) is 3.58. The molecule has 0 fully saturated rings. The Hall–Kier alpha value is -3.02. The molecular formula is C23H31NO5. The summed E-state index contributed by atoms with van der Waals surface area (Å²) in [7, 11) is 0. The minimum absolute atomic E-state index is 0.113. The fourth-order valence-corrected chi connectivity index (χ4v) is 2.34. The zero-order valence-electron chi connectivity index (χ0n) is 17.8. The molecule has 0 heterocycles. The van der Waals surface area contributed by atoms with Crippen LogP contribution >= 0.6 is 0 Å². The number of hydrogen-bond donors (Lipinski definition) is 2. The number of amides is 1. The van der Waals surface area contributed by atoms with Crippen LogP contribution in [0.4, 0.5) is 4.79 Å². The molecule has 0 aliphatic rings. The van der Waals surface area contributed by atoms with E-state index < -0.39 is 23.7 Å². The number of benzene rings is 2. The molecule has 2 rings (SSSR count). The fourth-order valence-electron chi connectivity index (χ4n) is 2.34. The van der Waals surface area contributed by atoms with Crippen LogP contribution in [0.2, 0.25) is 0 Å². The average molecular weight is 402 g/mol. The van der Waals surface area contributed by atoms with E-state index in [4.69, 9.17) is 9.47 Å². The van der Waals surface area contributed by atoms with Crippen molar-refractivity contribution in [1.29, 1.82) is 0 Å². The number of hydrogen-bond acceptors (Lipinski definition) is 5. The van der Waals surface area contributed by atoms with Crippen LogP contribution in [0.5, 0.6) is 5.75 Å². The van der Waals surface area contributed by atoms with E-state index >= 15 is 0 Å². The van der Waals surface area contributed by atoms with Crippen molar-refractivity contribution in [3.63, 3.8) is 0 Å². The molecule has 0 saturated carbocycles. The first kappa shape index (κ1) is 24.0. The summed E-state index contributed by atoms with van der Waals surface area (Å²) in [6.07, 6.45) is -0.476. The molecule has 2 N–H and O–H groups in total. The number of ether oxygens (including phenoxy) is 2. The number of esters is 1. The first-order chi connectivity index (χ1) is 13.7. The van der Waals surface area contributed by atoms with Gasteiger partial charge in [-0.25, -0.2) is 9.59 Å². The molecule has 2 aromatic rings. The normalized spacial score (nSPS) is 11.5. The van der Waals surface area contributed by atoms with Crippen LogP contribution in [0.15, 0.2) is 54.6 Å². The van der Waals surface area contributed by atoms with Gasteiger partial charge in [0.15, 0.2) is 0 Å². The molecule has 158 valence electrons. The monoisotopic (exact) mass is 401 g/mol. The summed E-state index contributed by atoms with van der Waals surface area (Å²) in [4.78, 5) is 24.7. The van der Waals surface area contributed by atoms with Gasteiger partial charge in [0, 0.05) is 6.42 Å². The Labute approximate surface area is 172 Å². The number of alkyl carbamates (subject to hydrolysis) is 1. The van der Waals surface area contributed by atoms with Crippen LogP contribution in [-0.2, 0) is 27.3 Å². The average Bonchev–Trinajstić information content (AvgIpc) is 2.68. The topological polar surface area (TPSA) is 84.9 Å². The van der Waals surface area contributed by atoms with Gasteiger partial charge in [-0.15, -0.1) is 0 Å². The molecule has 0 aliphatic heterocycles. The predicted molar refractivity (Wildman–Crippen MR) is 113 cm³/mol. The summed E-state index contributed by atoms with van der Waals surface area (Å²) in [6.45, 7) is 9.35. The molecule has 0 saturated heterocycles. The maximum Gasteiger partial charge on any atom is 0.408 e. The second-order valence-electron chi connectivity index (χ2n) is 7.16. The molecule has 0 radical (unpaired) electrons. The molecule has 6 heteroatoms. The van der Waals surface area contributed by atoms with Crippen LogP contribution in [0.3, 0.4) is 0 Å². The van der Waals surface area contributed by atoms with Gasteiger partial charge in [0.05, 0.1) is 0 Å². The number of carbonyl (C=O) groups excluding carboxylic acids is 2. The highest BCUT2D eigenvalue weighted by atomic mass is 16.6. The lowest BCUT2D eigenvalue weighted by molar-refractivity contribution is -0.147. The second-order valence-corrected chi connectivity index (χ2v) is 7.16. The van der Waals surface area contributed by atoms with Crippen LogP contribution < -0.4 is 5.32 Å². The van der Waals surface area contributed by atoms with Gasteiger partial charge in [-0.3, -0.25) is 0 Å². The minimum Gasteiger partial charge on any atom is -0.508 e. The van der Waals surface area contributed by atoms with Gasteiger partial charge >= 0.3 is 12.1 Å². The summed E-state index contributed by atoms with van der Waals surface area (Å²) >= 11 is 0. The summed E-state index contributed by atoms with van der Waals surface area (Å²) < 4.78 is 10.6. The van der Waals surface area contributed by atoms with E-state index in [9.17, 15) is 14.7 Å². The molecule has 1 unspecified atom stereocenters. The Morgan fingerprint density at radius 1 is 0.966 bits per heavy atom. The Morgan fingerprint density at radius 3 is 2.10 bits per heavy atom. The Balaban J connectivity index is 0.00000204. The maximum absolute atomic E-state index is 12.5. The molecule has 0 aliphatic carbocycles. The number of carbonyl (C=O) groups is 2. The second kappa shape index (κ2) is 11.7. The molecule has 29 heavy (non-hydrogen) atoms.